The summed E-state index contributed by atoms with van der Waals surface area (Å²) in [6.45, 7) is 3.00. The van der Waals surface area contributed by atoms with Crippen LogP contribution in [0.2, 0.25) is 0 Å². The van der Waals surface area contributed by atoms with Gasteiger partial charge in [0, 0.05) is 45.1 Å². The van der Waals surface area contributed by atoms with Gasteiger partial charge in [0.2, 0.25) is 15.9 Å². The number of nitrogens with two attached hydrogens (primary N) is 2. The van der Waals surface area contributed by atoms with Crippen LogP contribution in [-0.2, 0) is 14.8 Å². The van der Waals surface area contributed by atoms with Crippen LogP contribution in [0, 0.1) is 5.92 Å². The molecule has 5 N–H and O–H groups in total. The molecule has 1 rings (SSSR count). The van der Waals surface area contributed by atoms with E-state index in [0.717, 1.165) is 0 Å². The minimum Gasteiger partial charge on any atom is -0.341 e. The minimum absolute atomic E-state index is 0.00630. The predicted octanol–water partition coefficient (Wildman–Crippen LogP) is -2.33. The number of nitrogens with zero attached hydrogens (tertiary/aromatic N) is 1. The van der Waals surface area contributed by atoms with Crippen molar-refractivity contribution in [2.24, 2.45) is 16.8 Å². The van der Waals surface area contributed by atoms with Crippen LogP contribution in [0.25, 0.3) is 0 Å². The van der Waals surface area contributed by atoms with Crippen LogP contribution in [0.1, 0.15) is 6.42 Å². The molecule has 0 bridgehead atoms. The minimum atomic E-state index is -3.49. The van der Waals surface area contributed by atoms with Crippen LogP contribution in [0.4, 0.5) is 0 Å². The summed E-state index contributed by atoms with van der Waals surface area (Å²) >= 11 is 0. The fraction of sp³-hybridized carbons (Fsp3) is 0.889. The Morgan fingerprint density at radius 2 is 2.12 bits per heavy atom. The number of sulfonamides is 1. The van der Waals surface area contributed by atoms with Gasteiger partial charge in [-0.15, -0.1) is 0 Å². The van der Waals surface area contributed by atoms with Gasteiger partial charge in [-0.3, -0.25) is 4.79 Å². The molecule has 1 aliphatic rings. The number of carbonyl (C=O) groups excluding carboxylic acids is 1. The summed E-state index contributed by atoms with van der Waals surface area (Å²) in [7, 11) is -3.49. The second-order valence-corrected chi connectivity index (χ2v) is 5.94. The maximum Gasteiger partial charge on any atom is 0.223 e. The van der Waals surface area contributed by atoms with Crippen molar-refractivity contribution in [3.8, 4) is 0 Å². The fourth-order valence-corrected chi connectivity index (χ4v) is 2.83. The molecule has 0 aromatic carbocycles. The van der Waals surface area contributed by atoms with Gasteiger partial charge in [0.25, 0.3) is 0 Å². The maximum atomic E-state index is 11.6. The molecular weight excluding hydrogens is 244 g/mol. The second kappa shape index (κ2) is 6.29. The van der Waals surface area contributed by atoms with Crippen molar-refractivity contribution in [1.82, 2.24) is 10.2 Å². The monoisotopic (exact) mass is 264 g/mol. The summed E-state index contributed by atoms with van der Waals surface area (Å²) in [4.78, 5) is 13.2. The molecule has 0 radical (unpaired) electrons. The van der Waals surface area contributed by atoms with Crippen molar-refractivity contribution in [2.75, 3.05) is 38.5 Å². The van der Waals surface area contributed by atoms with Crippen molar-refractivity contribution >= 4 is 15.9 Å². The molecule has 1 saturated heterocycles. The first kappa shape index (κ1) is 14.4. The molecule has 7 nitrogen and oxygen atoms in total. The standard InChI is InChI=1S/C9H20N4O3S/c10-1-2-12-3-4-13-6-8(5-9(13)14)7-17(11,15)16/h8,12H,1-7,10H2,(H2,11,15,16). The van der Waals surface area contributed by atoms with Crippen molar-refractivity contribution in [2.45, 2.75) is 6.42 Å². The van der Waals surface area contributed by atoms with E-state index in [1.165, 1.54) is 0 Å². The molecule has 1 heterocycles. The Hall–Kier alpha value is -0.700. The number of likely N-dealkylation sites (tertiary alicyclic amines) is 1. The molecule has 8 heteroatoms. The Morgan fingerprint density at radius 3 is 2.71 bits per heavy atom. The average Bonchev–Trinajstić information content (AvgIpc) is 2.51. The summed E-state index contributed by atoms with van der Waals surface area (Å²) in [6, 6.07) is 0. The lowest BCUT2D eigenvalue weighted by Crippen LogP contribution is -2.35. The van der Waals surface area contributed by atoms with Crippen LogP contribution >= 0.6 is 0 Å². The third-order valence-electron chi connectivity index (χ3n) is 2.64. The average molecular weight is 264 g/mol. The van der Waals surface area contributed by atoms with Gasteiger partial charge in [-0.1, -0.05) is 0 Å². The lowest BCUT2D eigenvalue weighted by atomic mass is 10.1. The van der Waals surface area contributed by atoms with E-state index in [2.05, 4.69) is 5.32 Å². The molecule has 1 fully saturated rings. The van der Waals surface area contributed by atoms with Gasteiger partial charge in [-0.05, 0) is 0 Å². The Balaban J connectivity index is 2.32. The highest BCUT2D eigenvalue weighted by Gasteiger charge is 2.31. The van der Waals surface area contributed by atoms with Crippen LogP contribution < -0.4 is 16.2 Å². The summed E-state index contributed by atoms with van der Waals surface area (Å²) in [5.74, 6) is -0.300. The summed E-state index contributed by atoms with van der Waals surface area (Å²) in [6.07, 6.45) is 0.271. The third kappa shape index (κ3) is 5.44. The van der Waals surface area contributed by atoms with E-state index in [9.17, 15) is 13.2 Å². The van der Waals surface area contributed by atoms with Gasteiger partial charge in [-0.2, -0.15) is 0 Å². The Labute approximate surface area is 102 Å². The van der Waals surface area contributed by atoms with Crippen LogP contribution in [0.3, 0.4) is 0 Å². The van der Waals surface area contributed by atoms with E-state index in [0.29, 0.717) is 32.7 Å². The van der Waals surface area contributed by atoms with Crippen LogP contribution in [-0.4, -0.2) is 57.7 Å². The number of primary sulfonamides is 1. The highest BCUT2D eigenvalue weighted by Crippen LogP contribution is 2.18. The van der Waals surface area contributed by atoms with Gasteiger partial charge >= 0.3 is 0 Å². The summed E-state index contributed by atoms with van der Waals surface area (Å²) in [5, 5.41) is 8.05. The topological polar surface area (TPSA) is 119 Å². The number of hydrogen-bond donors (Lipinski definition) is 3. The van der Waals surface area contributed by atoms with Crippen molar-refractivity contribution in [1.29, 1.82) is 0 Å². The third-order valence-corrected chi connectivity index (χ3v) is 3.58. The number of carbonyl (C=O) groups is 1. The molecule has 0 aliphatic carbocycles. The first-order chi connectivity index (χ1) is 7.92. The molecule has 0 aromatic rings. The Morgan fingerprint density at radius 1 is 1.41 bits per heavy atom. The van der Waals surface area contributed by atoms with Gasteiger partial charge in [0.15, 0.2) is 0 Å². The Bertz CT molecular complexity index is 357. The summed E-state index contributed by atoms with van der Waals surface area (Å²) in [5.41, 5.74) is 5.32. The fourth-order valence-electron chi connectivity index (χ4n) is 1.95. The molecular formula is C9H20N4O3S. The zero-order chi connectivity index (χ0) is 12.9. The molecule has 0 saturated carbocycles. The molecule has 17 heavy (non-hydrogen) atoms. The van der Waals surface area contributed by atoms with Gasteiger partial charge in [0.05, 0.1) is 5.75 Å². The first-order valence-corrected chi connectivity index (χ1v) is 7.33. The number of amides is 1. The maximum absolute atomic E-state index is 11.6. The zero-order valence-electron chi connectivity index (χ0n) is 9.76. The molecule has 0 aromatic heterocycles. The predicted molar refractivity (Wildman–Crippen MR) is 64.6 cm³/mol. The molecule has 1 amide bonds. The van der Waals surface area contributed by atoms with Crippen molar-refractivity contribution in [3.05, 3.63) is 0 Å². The molecule has 100 valence electrons. The second-order valence-electron chi connectivity index (χ2n) is 4.28. The van der Waals surface area contributed by atoms with E-state index in [1.807, 2.05) is 0 Å². The first-order valence-electron chi connectivity index (χ1n) is 5.61. The molecule has 1 unspecified atom stereocenters. The quantitative estimate of drug-likeness (QED) is 0.446. The largest absolute Gasteiger partial charge is 0.341 e. The number of hydrogen-bond acceptors (Lipinski definition) is 5. The highest BCUT2D eigenvalue weighted by atomic mass is 32.2. The zero-order valence-corrected chi connectivity index (χ0v) is 10.6. The Kier molecular flexibility index (Phi) is 5.31. The normalized spacial score (nSPS) is 21.2. The van der Waals surface area contributed by atoms with Crippen molar-refractivity contribution < 1.29 is 13.2 Å². The van der Waals surface area contributed by atoms with E-state index in [-0.39, 0.29) is 24.0 Å². The molecule has 1 aliphatic heterocycles. The molecule has 1 atom stereocenters. The van der Waals surface area contributed by atoms with E-state index < -0.39 is 10.0 Å². The number of rotatable bonds is 7. The highest BCUT2D eigenvalue weighted by molar-refractivity contribution is 7.89. The molecule has 0 spiro atoms. The van der Waals surface area contributed by atoms with Crippen molar-refractivity contribution in [3.63, 3.8) is 0 Å². The van der Waals surface area contributed by atoms with E-state index >= 15 is 0 Å². The SMILES string of the molecule is NCCNCCN1CC(CS(N)(=O)=O)CC1=O. The van der Waals surface area contributed by atoms with Gasteiger partial charge in [0.1, 0.15) is 0 Å². The van der Waals surface area contributed by atoms with Gasteiger partial charge in [-0.25, -0.2) is 13.6 Å². The lowest BCUT2D eigenvalue weighted by molar-refractivity contribution is -0.127. The summed E-state index contributed by atoms with van der Waals surface area (Å²) < 4.78 is 21.8. The number of nitrogens with one attached hydrogen (secondary N) is 1. The van der Waals surface area contributed by atoms with Crippen LogP contribution in [0.5, 0.6) is 0 Å². The van der Waals surface area contributed by atoms with E-state index in [4.69, 9.17) is 10.9 Å². The van der Waals surface area contributed by atoms with Crippen LogP contribution in [0.15, 0.2) is 0 Å². The van der Waals surface area contributed by atoms with E-state index in [1.54, 1.807) is 4.90 Å². The smallest absolute Gasteiger partial charge is 0.223 e. The van der Waals surface area contributed by atoms with Gasteiger partial charge < -0.3 is 16.0 Å². The lowest BCUT2D eigenvalue weighted by Gasteiger charge is -2.16.